The van der Waals surface area contributed by atoms with E-state index < -0.39 is 0 Å². The lowest BCUT2D eigenvalue weighted by molar-refractivity contribution is 0.632. The van der Waals surface area contributed by atoms with Crippen LogP contribution in [0.15, 0.2) is 215 Å². The molecule has 4 aromatic heterocycles. The Bertz CT molecular complexity index is 3530. The maximum atomic E-state index is 6.70. The van der Waals surface area contributed by atoms with Gasteiger partial charge in [-0.2, -0.15) is 0 Å². The first kappa shape index (κ1) is 36.9. The van der Waals surface area contributed by atoms with Gasteiger partial charge in [0.25, 0.3) is 0 Å². The minimum atomic E-state index is 0.585. The highest BCUT2D eigenvalue weighted by Gasteiger charge is 2.18. The quantitative estimate of drug-likeness (QED) is 0.149. The Morgan fingerprint density at radius 2 is 0.547 bits per heavy atom. The molecule has 12 aromatic rings. The summed E-state index contributed by atoms with van der Waals surface area (Å²) in [7, 11) is 0. The number of fused-ring (bicyclic) bond motifs is 5. The van der Waals surface area contributed by atoms with Crippen LogP contribution in [0.2, 0.25) is 0 Å². The molecule has 0 aliphatic heterocycles. The van der Waals surface area contributed by atoms with E-state index in [1.54, 1.807) is 0 Å². The highest BCUT2D eigenvalue weighted by atomic mass is 16.3. The Labute approximate surface area is 367 Å². The Morgan fingerprint density at radius 1 is 0.234 bits per heavy atom. The zero-order chi connectivity index (χ0) is 42.4. The van der Waals surface area contributed by atoms with Crippen LogP contribution in [0.1, 0.15) is 0 Å². The summed E-state index contributed by atoms with van der Waals surface area (Å²) in [5.41, 5.74) is 8.90. The number of furan rings is 2. The predicted octanol–water partition coefficient (Wildman–Crippen LogP) is 14.0. The molecule has 300 valence electrons. The summed E-state index contributed by atoms with van der Waals surface area (Å²) < 4.78 is 13.4. The first-order valence-corrected chi connectivity index (χ1v) is 21.0. The molecule has 0 bridgehead atoms. The SMILES string of the molecule is c1ccc(-c2nc(-c3ccccc3)nc(-c3ccc(-c4cc5ccc6c(ccc7cc(-c8cccc(-c9nc(-c%10ccccc%10)nc(-c%10ccccc%10)n9)c8)oc76)c5o4)cc3)n2)cc1. The average Bonchev–Trinajstić information content (AvgIpc) is 4.03. The molecule has 0 saturated carbocycles. The summed E-state index contributed by atoms with van der Waals surface area (Å²) in [5.74, 6) is 5.17. The normalized spacial score (nSPS) is 11.4. The Kier molecular flexibility index (Phi) is 8.97. The van der Waals surface area contributed by atoms with E-state index in [-0.39, 0.29) is 0 Å². The van der Waals surface area contributed by atoms with Gasteiger partial charge in [-0.1, -0.05) is 176 Å². The summed E-state index contributed by atoms with van der Waals surface area (Å²) >= 11 is 0. The molecule has 0 aliphatic rings. The van der Waals surface area contributed by atoms with E-state index in [1.165, 1.54) is 0 Å². The van der Waals surface area contributed by atoms with E-state index >= 15 is 0 Å². The second kappa shape index (κ2) is 15.5. The third-order valence-corrected chi connectivity index (χ3v) is 11.4. The fourth-order valence-electron chi connectivity index (χ4n) is 8.16. The molecule has 0 amide bonds. The fourth-order valence-corrected chi connectivity index (χ4v) is 8.16. The monoisotopic (exact) mass is 822 g/mol. The van der Waals surface area contributed by atoms with Crippen molar-refractivity contribution in [2.24, 2.45) is 0 Å². The van der Waals surface area contributed by atoms with Crippen molar-refractivity contribution in [3.05, 3.63) is 206 Å². The van der Waals surface area contributed by atoms with Gasteiger partial charge in [-0.05, 0) is 30.3 Å². The second-order valence-electron chi connectivity index (χ2n) is 15.5. The smallest absolute Gasteiger partial charge is 0.164 e. The number of hydrogen-bond donors (Lipinski definition) is 0. The standard InChI is InChI=1S/C56H34N6O2/c1-5-14-36(15-6-1)51-57-52(37-16-7-2-8-17-37)60-55(59-51)40-26-24-35(25-27-40)47-33-42-28-30-46-45(49(42)63-47)31-29-43-34-48(64-50(43)46)41-22-13-23-44(32-41)56-61-53(38-18-9-3-10-19-38)58-54(62-56)39-20-11-4-12-21-39/h1-34H. The number of nitrogens with zero attached hydrogens (tertiary/aromatic N) is 6. The minimum Gasteiger partial charge on any atom is -0.455 e. The summed E-state index contributed by atoms with van der Waals surface area (Å²) in [5, 5.41) is 3.95. The highest BCUT2D eigenvalue weighted by Crippen LogP contribution is 2.39. The van der Waals surface area contributed by atoms with Gasteiger partial charge in [0.05, 0.1) is 0 Å². The molecular formula is C56H34N6O2. The number of aromatic nitrogens is 6. The molecule has 0 spiro atoms. The molecule has 0 unspecified atom stereocenters. The third-order valence-electron chi connectivity index (χ3n) is 11.4. The van der Waals surface area contributed by atoms with Gasteiger partial charge in [-0.3, -0.25) is 0 Å². The van der Waals surface area contributed by atoms with Crippen molar-refractivity contribution >= 4 is 32.7 Å². The maximum Gasteiger partial charge on any atom is 0.164 e. The molecule has 0 fully saturated rings. The van der Waals surface area contributed by atoms with Crippen molar-refractivity contribution in [2.45, 2.75) is 0 Å². The van der Waals surface area contributed by atoms with Crippen LogP contribution in [0.5, 0.6) is 0 Å². The van der Waals surface area contributed by atoms with Crippen LogP contribution in [-0.4, -0.2) is 29.9 Å². The van der Waals surface area contributed by atoms with E-state index in [2.05, 4.69) is 54.6 Å². The van der Waals surface area contributed by atoms with Gasteiger partial charge in [-0.25, -0.2) is 29.9 Å². The fraction of sp³-hybridized carbons (Fsp3) is 0. The van der Waals surface area contributed by atoms with Gasteiger partial charge in [0.15, 0.2) is 34.9 Å². The van der Waals surface area contributed by atoms with Gasteiger partial charge in [0.1, 0.15) is 22.7 Å². The highest BCUT2D eigenvalue weighted by molar-refractivity contribution is 6.14. The third kappa shape index (κ3) is 6.85. The second-order valence-corrected chi connectivity index (χ2v) is 15.5. The van der Waals surface area contributed by atoms with Gasteiger partial charge < -0.3 is 8.83 Å². The maximum absolute atomic E-state index is 6.70. The Morgan fingerprint density at radius 3 is 0.953 bits per heavy atom. The largest absolute Gasteiger partial charge is 0.455 e. The van der Waals surface area contributed by atoms with Crippen molar-refractivity contribution in [1.29, 1.82) is 0 Å². The molecule has 0 aliphatic carbocycles. The number of rotatable bonds is 8. The molecule has 0 radical (unpaired) electrons. The van der Waals surface area contributed by atoms with E-state index in [9.17, 15) is 0 Å². The van der Waals surface area contributed by atoms with E-state index in [1.807, 2.05) is 152 Å². The van der Waals surface area contributed by atoms with Crippen molar-refractivity contribution in [1.82, 2.24) is 29.9 Å². The molecule has 8 nitrogen and oxygen atoms in total. The van der Waals surface area contributed by atoms with Crippen LogP contribution >= 0.6 is 0 Å². The van der Waals surface area contributed by atoms with Gasteiger partial charge >= 0.3 is 0 Å². The molecule has 8 heteroatoms. The molecule has 0 atom stereocenters. The lowest BCUT2D eigenvalue weighted by Gasteiger charge is -2.09. The first-order valence-electron chi connectivity index (χ1n) is 21.0. The molecule has 64 heavy (non-hydrogen) atoms. The lowest BCUT2D eigenvalue weighted by Crippen LogP contribution is -2.00. The summed E-state index contributed by atoms with van der Waals surface area (Å²) in [6, 6.07) is 68.9. The van der Waals surface area contributed by atoms with Crippen LogP contribution in [0.3, 0.4) is 0 Å². The van der Waals surface area contributed by atoms with Crippen LogP contribution in [0, 0.1) is 0 Å². The van der Waals surface area contributed by atoms with Crippen LogP contribution in [0.25, 0.3) is 124 Å². The molecule has 8 aromatic carbocycles. The van der Waals surface area contributed by atoms with Gasteiger partial charge in [0, 0.05) is 66.1 Å². The Hall–Kier alpha value is -8.88. The van der Waals surface area contributed by atoms with Crippen LogP contribution in [-0.2, 0) is 0 Å². The number of hydrogen-bond acceptors (Lipinski definition) is 8. The predicted molar refractivity (Wildman–Crippen MR) is 254 cm³/mol. The Balaban J connectivity index is 0.874. The van der Waals surface area contributed by atoms with Gasteiger partial charge in [-0.15, -0.1) is 0 Å². The summed E-state index contributed by atoms with van der Waals surface area (Å²) in [4.78, 5) is 29.4. The van der Waals surface area contributed by atoms with E-state index in [0.29, 0.717) is 34.9 Å². The summed E-state index contributed by atoms with van der Waals surface area (Å²) in [6.07, 6.45) is 0. The van der Waals surface area contributed by atoms with Crippen molar-refractivity contribution in [3.8, 4) is 91.0 Å². The lowest BCUT2D eigenvalue weighted by atomic mass is 10.0. The van der Waals surface area contributed by atoms with E-state index in [4.69, 9.17) is 38.7 Å². The van der Waals surface area contributed by atoms with Crippen molar-refractivity contribution in [3.63, 3.8) is 0 Å². The topological polar surface area (TPSA) is 104 Å². The van der Waals surface area contributed by atoms with Crippen LogP contribution < -0.4 is 0 Å². The molecule has 12 rings (SSSR count). The van der Waals surface area contributed by atoms with Gasteiger partial charge in [0.2, 0.25) is 0 Å². The molecule has 0 N–H and O–H groups in total. The zero-order valence-corrected chi connectivity index (χ0v) is 34.1. The minimum absolute atomic E-state index is 0.585. The van der Waals surface area contributed by atoms with E-state index in [0.717, 1.165) is 88.7 Å². The van der Waals surface area contributed by atoms with Crippen molar-refractivity contribution in [2.75, 3.05) is 0 Å². The summed E-state index contributed by atoms with van der Waals surface area (Å²) in [6.45, 7) is 0. The zero-order valence-electron chi connectivity index (χ0n) is 34.1. The number of benzene rings is 8. The molecule has 0 saturated heterocycles. The van der Waals surface area contributed by atoms with Crippen LogP contribution in [0.4, 0.5) is 0 Å². The average molecular weight is 823 g/mol. The molecule has 4 heterocycles. The molecular weight excluding hydrogens is 789 g/mol. The van der Waals surface area contributed by atoms with Crippen molar-refractivity contribution < 1.29 is 8.83 Å². The first-order chi connectivity index (χ1) is 31.7.